The molecule has 0 bridgehead atoms. The molecule has 0 aliphatic carbocycles. The molecule has 0 aromatic heterocycles. The zero-order chi connectivity index (χ0) is 23.6. The zero-order valence-corrected chi connectivity index (χ0v) is 21.2. The summed E-state index contributed by atoms with van der Waals surface area (Å²) < 4.78 is 12.2. The highest BCUT2D eigenvalue weighted by Gasteiger charge is 2.59. The number of nitrogens with zero attached hydrogens (tertiary/aromatic N) is 1. The average Bonchev–Trinajstić information content (AvgIpc) is 3.08. The number of hydrogen-bond donors (Lipinski definition) is 1. The normalized spacial score (nSPS) is 25.3. The van der Waals surface area contributed by atoms with Crippen molar-refractivity contribution < 1.29 is 19.4 Å². The molecule has 2 unspecified atom stereocenters. The van der Waals surface area contributed by atoms with Gasteiger partial charge in [-0.05, 0) is 24.3 Å². The summed E-state index contributed by atoms with van der Waals surface area (Å²) in [6, 6.07) is 20.4. The quantitative estimate of drug-likeness (QED) is 0.664. The third kappa shape index (κ3) is 4.42. The number of rotatable bonds is 6. The SMILES string of the molecule is CN1C(=O)C[C@@H](OC2CCCCO2)[C@@H]1C(O)[Si](c1ccccc1)(c1ccccc1)C(C)(C)C. The van der Waals surface area contributed by atoms with E-state index in [2.05, 4.69) is 45.0 Å². The molecule has 2 aliphatic heterocycles. The van der Waals surface area contributed by atoms with Gasteiger partial charge in [0.05, 0.1) is 24.3 Å². The number of carbonyl (C=O) groups is 1. The smallest absolute Gasteiger partial charge is 0.225 e. The van der Waals surface area contributed by atoms with Gasteiger partial charge < -0.3 is 19.5 Å². The van der Waals surface area contributed by atoms with Crippen LogP contribution in [-0.2, 0) is 14.3 Å². The van der Waals surface area contributed by atoms with Crippen molar-refractivity contribution in [2.75, 3.05) is 13.7 Å². The molecule has 2 saturated heterocycles. The number of likely N-dealkylation sites (N-methyl/N-ethyl adjacent to an activating group) is 1. The largest absolute Gasteiger partial charge is 0.393 e. The van der Waals surface area contributed by atoms with Crippen LogP contribution < -0.4 is 10.4 Å². The molecule has 4 atom stereocenters. The third-order valence-corrected chi connectivity index (χ3v) is 13.6. The Labute approximate surface area is 198 Å². The van der Waals surface area contributed by atoms with E-state index in [1.165, 1.54) is 0 Å². The van der Waals surface area contributed by atoms with E-state index in [1.807, 2.05) is 36.4 Å². The number of likely N-dealkylation sites (tertiary alicyclic amines) is 1. The van der Waals surface area contributed by atoms with Crippen LogP contribution in [0.3, 0.4) is 0 Å². The molecular weight excluding hydrogens is 430 g/mol. The molecule has 2 heterocycles. The van der Waals surface area contributed by atoms with Gasteiger partial charge in [-0.25, -0.2) is 0 Å². The van der Waals surface area contributed by atoms with Crippen molar-refractivity contribution >= 4 is 24.4 Å². The Kier molecular flexibility index (Phi) is 7.10. The molecule has 2 aliphatic rings. The maximum absolute atomic E-state index is 12.9. The van der Waals surface area contributed by atoms with Crippen molar-refractivity contribution in [2.45, 2.75) is 75.7 Å². The molecule has 0 spiro atoms. The molecule has 2 fully saturated rings. The van der Waals surface area contributed by atoms with E-state index in [9.17, 15) is 9.90 Å². The number of benzene rings is 2. The van der Waals surface area contributed by atoms with E-state index in [0.29, 0.717) is 6.61 Å². The summed E-state index contributed by atoms with van der Waals surface area (Å²) in [6.45, 7) is 7.35. The van der Waals surface area contributed by atoms with Crippen LogP contribution in [0.2, 0.25) is 5.04 Å². The lowest BCUT2D eigenvalue weighted by Gasteiger charge is -2.50. The topological polar surface area (TPSA) is 59.0 Å². The van der Waals surface area contributed by atoms with E-state index in [0.717, 1.165) is 29.6 Å². The number of aliphatic hydroxyl groups excluding tert-OH is 1. The van der Waals surface area contributed by atoms with Crippen molar-refractivity contribution in [3.05, 3.63) is 60.7 Å². The van der Waals surface area contributed by atoms with Gasteiger partial charge >= 0.3 is 0 Å². The lowest BCUT2D eigenvalue weighted by molar-refractivity contribution is -0.194. The maximum atomic E-state index is 12.9. The van der Waals surface area contributed by atoms with Gasteiger partial charge in [-0.3, -0.25) is 4.79 Å². The number of aliphatic hydroxyl groups is 1. The number of carbonyl (C=O) groups excluding carboxylic acids is 1. The van der Waals surface area contributed by atoms with Crippen molar-refractivity contribution in [3.63, 3.8) is 0 Å². The molecule has 6 heteroatoms. The van der Waals surface area contributed by atoms with Crippen LogP contribution in [0.4, 0.5) is 0 Å². The van der Waals surface area contributed by atoms with Gasteiger partial charge in [-0.1, -0.05) is 91.8 Å². The second-order valence-corrected chi connectivity index (χ2v) is 15.3. The van der Waals surface area contributed by atoms with Gasteiger partial charge in [0, 0.05) is 13.7 Å². The highest BCUT2D eigenvalue weighted by molar-refractivity contribution is 7.05. The van der Waals surface area contributed by atoms with Crippen molar-refractivity contribution in [1.29, 1.82) is 0 Å². The molecular formula is C27H37NO4Si. The van der Waals surface area contributed by atoms with Gasteiger partial charge in [-0.2, -0.15) is 0 Å². The zero-order valence-electron chi connectivity index (χ0n) is 20.2. The number of amides is 1. The Morgan fingerprint density at radius 2 is 1.61 bits per heavy atom. The summed E-state index contributed by atoms with van der Waals surface area (Å²) in [5.74, 6) is 0.0118. The molecule has 0 saturated carbocycles. The first kappa shape index (κ1) is 24.1. The fourth-order valence-electron chi connectivity index (χ4n) is 5.89. The lowest BCUT2D eigenvalue weighted by atomic mass is 10.1. The van der Waals surface area contributed by atoms with Crippen LogP contribution in [0, 0.1) is 0 Å². The van der Waals surface area contributed by atoms with Gasteiger partial charge in [0.1, 0.15) is 0 Å². The van der Waals surface area contributed by atoms with Gasteiger partial charge in [-0.15, -0.1) is 0 Å². The minimum absolute atomic E-state index is 0.0118. The van der Waals surface area contributed by atoms with Gasteiger partial charge in [0.2, 0.25) is 5.91 Å². The molecule has 2 aromatic rings. The molecule has 33 heavy (non-hydrogen) atoms. The Morgan fingerprint density at radius 3 is 2.09 bits per heavy atom. The molecule has 178 valence electrons. The van der Waals surface area contributed by atoms with Crippen molar-refractivity contribution in [3.8, 4) is 0 Å². The molecule has 0 radical (unpaired) electrons. The first-order valence-corrected chi connectivity index (χ1v) is 14.2. The third-order valence-electron chi connectivity index (χ3n) is 7.47. The van der Waals surface area contributed by atoms with Crippen LogP contribution in [0.1, 0.15) is 46.5 Å². The predicted molar refractivity (Wildman–Crippen MR) is 133 cm³/mol. The van der Waals surface area contributed by atoms with E-state index in [1.54, 1.807) is 11.9 Å². The second-order valence-electron chi connectivity index (χ2n) is 10.4. The molecule has 4 rings (SSSR count). The molecule has 2 aromatic carbocycles. The maximum Gasteiger partial charge on any atom is 0.225 e. The fourth-order valence-corrected chi connectivity index (χ4v) is 11.9. The summed E-state index contributed by atoms with van der Waals surface area (Å²) in [7, 11) is -1.05. The lowest BCUT2D eigenvalue weighted by Crippen LogP contribution is -2.76. The average molecular weight is 468 g/mol. The Balaban J connectivity index is 1.83. The Bertz CT molecular complexity index is 885. The number of hydrogen-bond acceptors (Lipinski definition) is 4. The first-order valence-electron chi connectivity index (χ1n) is 12.1. The standard InChI is InChI=1S/C27H37NO4Si/c1-27(2,3)33(20-13-7-5-8-14-20,21-15-9-6-10-16-21)26(30)25-22(19-23(29)28(25)4)32-24-17-11-12-18-31-24/h5-10,13-16,22,24-26,30H,11-12,17-19H2,1-4H3/t22-,24?,25-,26?/m1/s1. The second kappa shape index (κ2) is 9.70. The Hall–Kier alpha value is -1.99. The summed E-state index contributed by atoms with van der Waals surface area (Å²) in [5, 5.41) is 14.5. The summed E-state index contributed by atoms with van der Waals surface area (Å²) in [5.41, 5.74) is -0.757. The van der Waals surface area contributed by atoms with E-state index in [-0.39, 0.29) is 23.7 Å². The van der Waals surface area contributed by atoms with Gasteiger partial charge in [0.15, 0.2) is 14.4 Å². The summed E-state index contributed by atoms with van der Waals surface area (Å²) in [6.07, 6.45) is 2.49. The minimum atomic E-state index is -2.86. The molecule has 1 N–H and O–H groups in total. The number of ether oxygens (including phenoxy) is 2. The van der Waals surface area contributed by atoms with Gasteiger partial charge in [0.25, 0.3) is 0 Å². The first-order chi connectivity index (χ1) is 15.8. The van der Waals surface area contributed by atoms with Crippen LogP contribution >= 0.6 is 0 Å². The van der Waals surface area contributed by atoms with Crippen molar-refractivity contribution in [2.24, 2.45) is 0 Å². The molecule has 5 nitrogen and oxygen atoms in total. The van der Waals surface area contributed by atoms with E-state index in [4.69, 9.17) is 9.47 Å². The molecule has 1 amide bonds. The highest BCUT2D eigenvalue weighted by Crippen LogP contribution is 2.42. The minimum Gasteiger partial charge on any atom is -0.393 e. The fraction of sp³-hybridized carbons (Fsp3) is 0.519. The Morgan fingerprint density at radius 1 is 1.03 bits per heavy atom. The highest BCUT2D eigenvalue weighted by atomic mass is 28.3. The monoisotopic (exact) mass is 467 g/mol. The van der Waals surface area contributed by atoms with Crippen LogP contribution in [0.25, 0.3) is 0 Å². The van der Waals surface area contributed by atoms with Crippen LogP contribution in [0.15, 0.2) is 60.7 Å². The summed E-state index contributed by atoms with van der Waals surface area (Å²) >= 11 is 0. The van der Waals surface area contributed by atoms with Crippen molar-refractivity contribution in [1.82, 2.24) is 4.90 Å². The predicted octanol–water partition coefficient (Wildman–Crippen LogP) is 3.09. The van der Waals surface area contributed by atoms with Crippen LogP contribution in [-0.4, -0.2) is 61.8 Å². The van der Waals surface area contributed by atoms with E-state index >= 15 is 0 Å². The summed E-state index contributed by atoms with van der Waals surface area (Å²) in [4.78, 5) is 14.6. The van der Waals surface area contributed by atoms with E-state index < -0.39 is 25.9 Å². The van der Waals surface area contributed by atoms with Crippen LogP contribution in [0.5, 0.6) is 0 Å².